The molecular formula is C29H38ClFN4O5S. The Kier molecular flexibility index (Phi) is 9.60. The standard InChI is InChI=1S/C29H38ClFN4O5S/c1-17-23(41-16-33-17)18-6-7-19(22(12-18)40-11-5-10-30)14-32-25(37)21-13-20(36)15-35(21)26(38)24(28(2,3)4)34-27(39)29(31)8-9-29/h6-7,12,16,20-21,24,36H,5,8-11,13-15H2,1-4H3,(H,32,37)(H,34,39). The molecule has 1 saturated carbocycles. The maximum absolute atomic E-state index is 14.4. The Hall–Kier alpha value is -2.76. The maximum atomic E-state index is 14.4. The molecule has 4 rings (SSSR count). The third-order valence-electron chi connectivity index (χ3n) is 7.41. The van der Waals surface area contributed by atoms with Crippen LogP contribution in [0.2, 0.25) is 0 Å². The van der Waals surface area contributed by atoms with E-state index in [4.69, 9.17) is 16.3 Å². The topological polar surface area (TPSA) is 121 Å². The average Bonchev–Trinajstić information content (AvgIpc) is 3.33. The van der Waals surface area contributed by atoms with E-state index in [-0.39, 0.29) is 32.4 Å². The molecule has 1 saturated heterocycles. The normalized spacial score (nSPS) is 20.4. The summed E-state index contributed by atoms with van der Waals surface area (Å²) in [5.41, 5.74) is 1.70. The fourth-order valence-electron chi connectivity index (χ4n) is 4.81. The van der Waals surface area contributed by atoms with Crippen LogP contribution < -0.4 is 15.4 Å². The summed E-state index contributed by atoms with van der Waals surface area (Å²) in [6, 6.07) is 3.74. The van der Waals surface area contributed by atoms with Crippen LogP contribution in [0.5, 0.6) is 5.75 Å². The number of halogens is 2. The lowest BCUT2D eigenvalue weighted by Crippen LogP contribution is -2.59. The van der Waals surface area contributed by atoms with E-state index in [2.05, 4.69) is 15.6 Å². The number of thiazole rings is 1. The van der Waals surface area contributed by atoms with Gasteiger partial charge in [-0.15, -0.1) is 22.9 Å². The van der Waals surface area contributed by atoms with E-state index < -0.39 is 47.0 Å². The first-order valence-electron chi connectivity index (χ1n) is 13.8. The first kappa shape index (κ1) is 31.2. The molecule has 1 aromatic heterocycles. The molecular weight excluding hydrogens is 571 g/mol. The van der Waals surface area contributed by atoms with Crippen LogP contribution in [0.1, 0.15) is 57.7 Å². The van der Waals surface area contributed by atoms with Crippen molar-refractivity contribution in [2.75, 3.05) is 19.0 Å². The molecule has 224 valence electrons. The van der Waals surface area contributed by atoms with Gasteiger partial charge in [-0.1, -0.05) is 32.9 Å². The van der Waals surface area contributed by atoms with Crippen molar-refractivity contribution in [2.45, 2.75) is 83.8 Å². The molecule has 3 N–H and O–H groups in total. The number of rotatable bonds is 11. The van der Waals surface area contributed by atoms with Crippen molar-refractivity contribution in [3.05, 3.63) is 35.0 Å². The SMILES string of the molecule is Cc1ncsc1-c1ccc(CNC(=O)C2CC(O)CN2C(=O)C(NC(=O)C2(F)CC2)C(C)(C)C)c(OCCCCl)c1. The van der Waals surface area contributed by atoms with Crippen LogP contribution in [-0.2, 0) is 20.9 Å². The number of amides is 3. The van der Waals surface area contributed by atoms with Crippen molar-refractivity contribution in [3.63, 3.8) is 0 Å². The molecule has 1 aliphatic carbocycles. The predicted octanol–water partition coefficient (Wildman–Crippen LogP) is 3.74. The van der Waals surface area contributed by atoms with E-state index in [0.717, 1.165) is 21.7 Å². The molecule has 1 aliphatic heterocycles. The number of carbonyl (C=O) groups excluding carboxylic acids is 3. The number of alkyl halides is 2. The Balaban J connectivity index is 1.49. The number of hydrogen-bond donors (Lipinski definition) is 3. The number of hydrogen-bond acceptors (Lipinski definition) is 7. The number of benzene rings is 1. The lowest BCUT2D eigenvalue weighted by Gasteiger charge is -2.35. The summed E-state index contributed by atoms with van der Waals surface area (Å²) < 4.78 is 20.4. The first-order chi connectivity index (χ1) is 19.3. The number of ether oxygens (including phenoxy) is 1. The number of nitrogens with one attached hydrogen (secondary N) is 2. The van der Waals surface area contributed by atoms with Gasteiger partial charge < -0.3 is 25.4 Å². The van der Waals surface area contributed by atoms with E-state index in [9.17, 15) is 23.9 Å². The minimum atomic E-state index is -1.94. The highest BCUT2D eigenvalue weighted by Crippen LogP contribution is 2.40. The van der Waals surface area contributed by atoms with Gasteiger partial charge in [0.15, 0.2) is 5.67 Å². The minimum absolute atomic E-state index is 0.0537. The molecule has 2 fully saturated rings. The highest BCUT2D eigenvalue weighted by atomic mass is 35.5. The Morgan fingerprint density at radius 3 is 2.66 bits per heavy atom. The van der Waals surface area contributed by atoms with E-state index in [0.29, 0.717) is 24.7 Å². The number of likely N-dealkylation sites (tertiary alicyclic amines) is 1. The van der Waals surface area contributed by atoms with Gasteiger partial charge in [-0.25, -0.2) is 9.37 Å². The van der Waals surface area contributed by atoms with Crippen molar-refractivity contribution >= 4 is 40.7 Å². The second-order valence-electron chi connectivity index (χ2n) is 11.8. The van der Waals surface area contributed by atoms with Crippen molar-refractivity contribution in [1.29, 1.82) is 0 Å². The molecule has 9 nitrogen and oxygen atoms in total. The quantitative estimate of drug-likeness (QED) is 0.264. The summed E-state index contributed by atoms with van der Waals surface area (Å²) in [6.07, 6.45) is 0.0548. The molecule has 0 radical (unpaired) electrons. The molecule has 0 spiro atoms. The molecule has 0 bridgehead atoms. The zero-order chi connectivity index (χ0) is 29.9. The average molecular weight is 609 g/mol. The molecule has 2 heterocycles. The van der Waals surface area contributed by atoms with Crippen LogP contribution >= 0.6 is 22.9 Å². The Labute approximate surface area is 248 Å². The van der Waals surface area contributed by atoms with Crippen molar-refractivity contribution < 1.29 is 28.6 Å². The van der Waals surface area contributed by atoms with Crippen molar-refractivity contribution in [1.82, 2.24) is 20.5 Å². The lowest BCUT2D eigenvalue weighted by molar-refractivity contribution is -0.145. The zero-order valence-corrected chi connectivity index (χ0v) is 25.4. The summed E-state index contributed by atoms with van der Waals surface area (Å²) in [6.45, 7) is 7.71. The second kappa shape index (κ2) is 12.6. The molecule has 1 aromatic carbocycles. The summed E-state index contributed by atoms with van der Waals surface area (Å²) in [4.78, 5) is 46.2. The van der Waals surface area contributed by atoms with Gasteiger partial charge in [0.05, 0.1) is 28.8 Å². The molecule has 3 atom stereocenters. The van der Waals surface area contributed by atoms with Gasteiger partial charge in [-0.05, 0) is 43.2 Å². The number of aromatic nitrogens is 1. The summed E-state index contributed by atoms with van der Waals surface area (Å²) in [5.74, 6) is -0.718. The lowest BCUT2D eigenvalue weighted by atomic mass is 9.85. The first-order valence-corrected chi connectivity index (χ1v) is 15.2. The maximum Gasteiger partial charge on any atom is 0.258 e. The highest BCUT2D eigenvalue weighted by Gasteiger charge is 2.53. The van der Waals surface area contributed by atoms with Crippen LogP contribution in [0.4, 0.5) is 4.39 Å². The van der Waals surface area contributed by atoms with Gasteiger partial charge in [-0.2, -0.15) is 0 Å². The van der Waals surface area contributed by atoms with Gasteiger partial charge in [0.25, 0.3) is 5.91 Å². The van der Waals surface area contributed by atoms with Gasteiger partial charge in [0, 0.05) is 31.0 Å². The third-order valence-corrected chi connectivity index (χ3v) is 8.66. The molecule has 2 aromatic rings. The number of aryl methyl sites for hydroxylation is 1. The van der Waals surface area contributed by atoms with Gasteiger partial charge in [0.2, 0.25) is 11.8 Å². The smallest absolute Gasteiger partial charge is 0.258 e. The van der Waals surface area contributed by atoms with Gasteiger partial charge >= 0.3 is 0 Å². The van der Waals surface area contributed by atoms with Crippen LogP contribution in [0, 0.1) is 12.3 Å². The summed E-state index contributed by atoms with van der Waals surface area (Å²) >= 11 is 7.36. The Morgan fingerprint density at radius 1 is 1.32 bits per heavy atom. The number of nitrogens with zero attached hydrogens (tertiary/aromatic N) is 2. The minimum Gasteiger partial charge on any atom is -0.493 e. The monoisotopic (exact) mass is 608 g/mol. The van der Waals surface area contributed by atoms with E-state index in [1.165, 1.54) is 16.2 Å². The number of carbonyl (C=O) groups is 3. The molecule has 41 heavy (non-hydrogen) atoms. The van der Waals surface area contributed by atoms with Gasteiger partial charge in [0.1, 0.15) is 17.8 Å². The number of aliphatic hydroxyl groups excluding tert-OH is 1. The number of β-amino-alcohol motifs (C(OH)–C–C–N with tert-alkyl or cyclic N) is 1. The largest absolute Gasteiger partial charge is 0.493 e. The Morgan fingerprint density at radius 2 is 2.05 bits per heavy atom. The van der Waals surface area contributed by atoms with E-state index in [1.54, 1.807) is 26.3 Å². The Bertz CT molecular complexity index is 1280. The molecule has 3 unspecified atom stereocenters. The van der Waals surface area contributed by atoms with Crippen LogP contribution in [0.15, 0.2) is 23.7 Å². The second-order valence-corrected chi connectivity index (χ2v) is 13.1. The summed E-state index contributed by atoms with van der Waals surface area (Å²) in [7, 11) is 0. The zero-order valence-electron chi connectivity index (χ0n) is 23.8. The predicted molar refractivity (Wildman–Crippen MR) is 156 cm³/mol. The van der Waals surface area contributed by atoms with Crippen LogP contribution in [0.3, 0.4) is 0 Å². The fraction of sp³-hybridized carbons (Fsp3) is 0.586. The number of aliphatic hydroxyl groups is 1. The van der Waals surface area contributed by atoms with Crippen molar-refractivity contribution in [3.8, 4) is 16.2 Å². The molecule has 2 aliphatic rings. The van der Waals surface area contributed by atoms with Crippen LogP contribution in [-0.4, -0.2) is 75.6 Å². The van der Waals surface area contributed by atoms with Crippen LogP contribution in [0.25, 0.3) is 10.4 Å². The fourth-order valence-corrected chi connectivity index (χ4v) is 5.72. The van der Waals surface area contributed by atoms with Crippen molar-refractivity contribution in [2.24, 2.45) is 5.41 Å². The van der Waals surface area contributed by atoms with Gasteiger partial charge in [-0.3, -0.25) is 14.4 Å². The summed E-state index contributed by atoms with van der Waals surface area (Å²) in [5, 5.41) is 15.9. The highest BCUT2D eigenvalue weighted by molar-refractivity contribution is 7.13. The van der Waals surface area contributed by atoms with E-state index >= 15 is 0 Å². The van der Waals surface area contributed by atoms with E-state index in [1.807, 2.05) is 25.1 Å². The third kappa shape index (κ3) is 7.37. The molecule has 3 amide bonds. The molecule has 12 heteroatoms.